The third-order valence-corrected chi connectivity index (χ3v) is 3.70. The zero-order valence-corrected chi connectivity index (χ0v) is 12.2. The highest BCUT2D eigenvalue weighted by Crippen LogP contribution is 2.12. The van der Waals surface area contributed by atoms with Crippen molar-refractivity contribution < 1.29 is 9.53 Å². The van der Waals surface area contributed by atoms with Crippen molar-refractivity contribution >= 4 is 6.09 Å². The average Bonchev–Trinajstić information content (AvgIpc) is 2.48. The molecule has 1 aromatic rings. The monoisotopic (exact) mass is 277 g/mol. The van der Waals surface area contributed by atoms with E-state index in [4.69, 9.17) is 0 Å². The lowest BCUT2D eigenvalue weighted by Gasteiger charge is -2.40. The van der Waals surface area contributed by atoms with Gasteiger partial charge in [-0.3, -0.25) is 4.90 Å². The Morgan fingerprint density at radius 2 is 2.10 bits per heavy atom. The van der Waals surface area contributed by atoms with Crippen molar-refractivity contribution in [2.24, 2.45) is 0 Å². The van der Waals surface area contributed by atoms with Crippen molar-refractivity contribution in [2.45, 2.75) is 12.6 Å². The van der Waals surface area contributed by atoms with E-state index < -0.39 is 0 Å². The molecule has 5 heteroatoms. The Balaban J connectivity index is 1.95. The van der Waals surface area contributed by atoms with E-state index in [9.17, 15) is 4.79 Å². The Labute approximate surface area is 120 Å². The summed E-state index contributed by atoms with van der Waals surface area (Å²) in [7, 11) is 3.51. The molecule has 1 amide bonds. The minimum atomic E-state index is -0.363. The molecule has 1 aliphatic heterocycles. The number of carbonyl (C=O) groups excluding carboxylic acids is 1. The number of carbonyl (C=O) groups is 1. The summed E-state index contributed by atoms with van der Waals surface area (Å²) in [4.78, 5) is 16.0. The first kappa shape index (κ1) is 14.8. The smallest absolute Gasteiger partial charge is 0.406 e. The summed E-state index contributed by atoms with van der Waals surface area (Å²) in [6.07, 6.45) is -0.363. The molecule has 110 valence electrons. The van der Waals surface area contributed by atoms with Crippen molar-refractivity contribution in [3.05, 3.63) is 35.9 Å². The highest BCUT2D eigenvalue weighted by molar-refractivity contribution is 5.66. The van der Waals surface area contributed by atoms with Gasteiger partial charge >= 0.3 is 6.09 Å². The second-order valence-corrected chi connectivity index (χ2v) is 5.24. The van der Waals surface area contributed by atoms with Gasteiger partial charge in [-0.25, -0.2) is 4.79 Å². The molecular formula is C15H23N3O2. The summed E-state index contributed by atoms with van der Waals surface area (Å²) in [5.74, 6) is 0. The standard InChI is InChI=1S/C15H23N3O2/c1-17-8-9-18(11-13-6-4-3-5-7-13)14(12-17)10-16-15(19)20-2/h3-7,14H,8-12H2,1-2H3,(H,16,19). The van der Waals surface area contributed by atoms with Gasteiger partial charge < -0.3 is 15.0 Å². The molecule has 20 heavy (non-hydrogen) atoms. The van der Waals surface area contributed by atoms with Crippen molar-refractivity contribution in [1.82, 2.24) is 15.1 Å². The lowest BCUT2D eigenvalue weighted by atomic mass is 10.1. The van der Waals surface area contributed by atoms with E-state index in [0.717, 1.165) is 26.2 Å². The predicted molar refractivity (Wildman–Crippen MR) is 78.5 cm³/mol. The number of nitrogens with one attached hydrogen (secondary N) is 1. The number of methoxy groups -OCH3 is 1. The maximum Gasteiger partial charge on any atom is 0.406 e. The molecule has 1 saturated heterocycles. The van der Waals surface area contributed by atoms with Crippen molar-refractivity contribution in [3.8, 4) is 0 Å². The van der Waals surface area contributed by atoms with Gasteiger partial charge in [0.1, 0.15) is 0 Å². The Kier molecular flexibility index (Phi) is 5.38. The number of hydrogen-bond acceptors (Lipinski definition) is 4. The fourth-order valence-electron chi connectivity index (χ4n) is 2.54. The van der Waals surface area contributed by atoms with E-state index in [1.807, 2.05) is 6.07 Å². The minimum Gasteiger partial charge on any atom is -0.453 e. The Morgan fingerprint density at radius 1 is 1.35 bits per heavy atom. The first-order valence-corrected chi connectivity index (χ1v) is 6.97. The number of piperazine rings is 1. The number of likely N-dealkylation sites (N-methyl/N-ethyl adjacent to an activating group) is 1. The van der Waals surface area contributed by atoms with E-state index in [1.165, 1.54) is 12.7 Å². The van der Waals surface area contributed by atoms with Crippen LogP contribution in [0.2, 0.25) is 0 Å². The summed E-state index contributed by atoms with van der Waals surface area (Å²) in [5, 5.41) is 2.81. The fraction of sp³-hybridized carbons (Fsp3) is 0.533. The lowest BCUT2D eigenvalue weighted by Crippen LogP contribution is -2.55. The molecule has 0 radical (unpaired) electrons. The number of alkyl carbamates (subject to hydrolysis) is 1. The van der Waals surface area contributed by atoms with Gasteiger partial charge in [0.15, 0.2) is 0 Å². The number of amides is 1. The van der Waals surface area contributed by atoms with Gasteiger partial charge in [0.05, 0.1) is 7.11 Å². The highest BCUT2D eigenvalue weighted by atomic mass is 16.5. The van der Waals surface area contributed by atoms with Gasteiger partial charge in [0.2, 0.25) is 0 Å². The molecule has 0 aliphatic carbocycles. The first-order valence-electron chi connectivity index (χ1n) is 6.97. The number of hydrogen-bond donors (Lipinski definition) is 1. The third kappa shape index (κ3) is 4.21. The SMILES string of the molecule is COC(=O)NCC1CN(C)CCN1Cc1ccccc1. The Bertz CT molecular complexity index is 424. The molecule has 5 nitrogen and oxygen atoms in total. The second-order valence-electron chi connectivity index (χ2n) is 5.24. The maximum absolute atomic E-state index is 11.2. The molecule has 0 saturated carbocycles. The predicted octanol–water partition coefficient (Wildman–Crippen LogP) is 1.16. The quantitative estimate of drug-likeness (QED) is 0.897. The van der Waals surface area contributed by atoms with Crippen molar-refractivity contribution in [2.75, 3.05) is 40.3 Å². The maximum atomic E-state index is 11.2. The van der Waals surface area contributed by atoms with Crippen LogP contribution < -0.4 is 5.32 Å². The normalized spacial score (nSPS) is 20.6. The van der Waals surface area contributed by atoms with Crippen molar-refractivity contribution in [3.63, 3.8) is 0 Å². The summed E-state index contributed by atoms with van der Waals surface area (Å²) in [5.41, 5.74) is 1.31. The Morgan fingerprint density at radius 3 is 2.80 bits per heavy atom. The largest absolute Gasteiger partial charge is 0.453 e. The zero-order chi connectivity index (χ0) is 14.4. The van der Waals surface area contributed by atoms with Gasteiger partial charge in [-0.15, -0.1) is 0 Å². The van der Waals surface area contributed by atoms with Crippen LogP contribution in [0.1, 0.15) is 5.56 Å². The van der Waals surface area contributed by atoms with E-state index in [2.05, 4.69) is 51.2 Å². The van der Waals surface area contributed by atoms with Crippen LogP contribution in [0.5, 0.6) is 0 Å². The number of rotatable bonds is 4. The van der Waals surface area contributed by atoms with Gasteiger partial charge in [0, 0.05) is 38.8 Å². The van der Waals surface area contributed by atoms with E-state index in [1.54, 1.807) is 0 Å². The van der Waals surface area contributed by atoms with Gasteiger partial charge in [0.25, 0.3) is 0 Å². The van der Waals surface area contributed by atoms with E-state index in [-0.39, 0.29) is 6.09 Å². The second kappa shape index (κ2) is 7.26. The summed E-state index contributed by atoms with van der Waals surface area (Å²) >= 11 is 0. The summed E-state index contributed by atoms with van der Waals surface area (Å²) < 4.78 is 4.64. The van der Waals surface area contributed by atoms with Gasteiger partial charge in [-0.05, 0) is 12.6 Å². The topological polar surface area (TPSA) is 44.8 Å². The molecule has 2 rings (SSSR count). The minimum absolute atomic E-state index is 0.313. The zero-order valence-electron chi connectivity index (χ0n) is 12.2. The van der Waals surface area contributed by atoms with Crippen LogP contribution in [-0.2, 0) is 11.3 Å². The Hall–Kier alpha value is -1.59. The molecular weight excluding hydrogens is 254 g/mol. The van der Waals surface area contributed by atoms with Crippen LogP contribution in [0.25, 0.3) is 0 Å². The van der Waals surface area contributed by atoms with Gasteiger partial charge in [-0.1, -0.05) is 30.3 Å². The third-order valence-electron chi connectivity index (χ3n) is 3.70. The summed E-state index contributed by atoms with van der Waals surface area (Å²) in [6, 6.07) is 10.8. The van der Waals surface area contributed by atoms with Gasteiger partial charge in [-0.2, -0.15) is 0 Å². The van der Waals surface area contributed by atoms with E-state index >= 15 is 0 Å². The van der Waals surface area contributed by atoms with Crippen LogP contribution >= 0.6 is 0 Å². The average molecular weight is 277 g/mol. The fourth-order valence-corrected chi connectivity index (χ4v) is 2.54. The van der Waals surface area contributed by atoms with Crippen LogP contribution in [-0.4, -0.2) is 62.3 Å². The van der Waals surface area contributed by atoms with Crippen LogP contribution in [0.4, 0.5) is 4.79 Å². The molecule has 1 unspecified atom stereocenters. The first-order chi connectivity index (χ1) is 9.69. The molecule has 0 aromatic heterocycles. The molecule has 1 heterocycles. The highest BCUT2D eigenvalue weighted by Gasteiger charge is 2.25. The number of nitrogens with zero attached hydrogens (tertiary/aromatic N) is 2. The molecule has 1 aromatic carbocycles. The molecule has 1 fully saturated rings. The molecule has 1 atom stereocenters. The molecule has 0 bridgehead atoms. The lowest BCUT2D eigenvalue weighted by molar-refractivity contribution is 0.0813. The van der Waals surface area contributed by atoms with Crippen molar-refractivity contribution in [1.29, 1.82) is 0 Å². The van der Waals surface area contributed by atoms with Crippen LogP contribution in [0.3, 0.4) is 0 Å². The molecule has 0 spiro atoms. The van der Waals surface area contributed by atoms with Crippen LogP contribution in [0, 0.1) is 0 Å². The number of benzene rings is 1. The summed E-state index contributed by atoms with van der Waals surface area (Å²) in [6.45, 7) is 4.56. The molecule has 1 aliphatic rings. The number of ether oxygens (including phenoxy) is 1. The molecule has 1 N–H and O–H groups in total. The van der Waals surface area contributed by atoms with E-state index in [0.29, 0.717) is 12.6 Å². The van der Waals surface area contributed by atoms with Crippen LogP contribution in [0.15, 0.2) is 30.3 Å².